The molecule has 1 aliphatic rings. The molecule has 3 heterocycles. The number of anilines is 1. The standard InChI is InChI=1S/C17H19F2N5O3/c1-2-20-15(25)10-24-16(26)6-4-13(22-24)11-3-5-14(21-7-11)23-8-12(9-23)27-17(18)19/h3-7,12,17H,2,8-10H2,1H3,(H,20,25). The van der Waals surface area contributed by atoms with Crippen molar-refractivity contribution in [1.82, 2.24) is 20.1 Å². The molecule has 3 rings (SSSR count). The van der Waals surface area contributed by atoms with E-state index in [2.05, 4.69) is 20.1 Å². The van der Waals surface area contributed by atoms with E-state index in [1.807, 2.05) is 4.90 Å². The number of amides is 1. The Balaban J connectivity index is 1.68. The molecule has 0 radical (unpaired) electrons. The van der Waals surface area contributed by atoms with Crippen LogP contribution in [0.15, 0.2) is 35.3 Å². The first-order valence-electron chi connectivity index (χ1n) is 8.46. The molecule has 0 aromatic carbocycles. The number of pyridine rings is 1. The Hall–Kier alpha value is -2.88. The molecule has 144 valence electrons. The molecule has 0 unspecified atom stereocenters. The van der Waals surface area contributed by atoms with Gasteiger partial charge < -0.3 is 15.0 Å². The number of aromatic nitrogens is 3. The lowest BCUT2D eigenvalue weighted by Gasteiger charge is -2.39. The minimum atomic E-state index is -2.77. The van der Waals surface area contributed by atoms with Gasteiger partial charge in [0.25, 0.3) is 5.56 Å². The maximum absolute atomic E-state index is 12.1. The summed E-state index contributed by atoms with van der Waals surface area (Å²) in [5.74, 6) is 0.347. The van der Waals surface area contributed by atoms with E-state index in [0.717, 1.165) is 4.68 Å². The lowest BCUT2D eigenvalue weighted by atomic mass is 10.1. The largest absolute Gasteiger partial charge is 0.355 e. The molecule has 8 nitrogen and oxygen atoms in total. The maximum Gasteiger partial charge on any atom is 0.345 e. The zero-order valence-corrected chi connectivity index (χ0v) is 14.6. The predicted molar refractivity (Wildman–Crippen MR) is 93.5 cm³/mol. The molecule has 1 N–H and O–H groups in total. The van der Waals surface area contributed by atoms with E-state index in [4.69, 9.17) is 0 Å². The van der Waals surface area contributed by atoms with E-state index in [1.54, 1.807) is 31.3 Å². The Morgan fingerprint density at radius 1 is 1.33 bits per heavy atom. The first kappa shape index (κ1) is 18.9. The van der Waals surface area contributed by atoms with Crippen LogP contribution in [0.2, 0.25) is 0 Å². The smallest absolute Gasteiger partial charge is 0.345 e. The Morgan fingerprint density at radius 3 is 2.74 bits per heavy atom. The number of carbonyl (C=O) groups excluding carboxylic acids is 1. The van der Waals surface area contributed by atoms with Crippen molar-refractivity contribution < 1.29 is 18.3 Å². The molecule has 2 aromatic heterocycles. The number of carbonyl (C=O) groups is 1. The monoisotopic (exact) mass is 379 g/mol. The highest BCUT2D eigenvalue weighted by molar-refractivity contribution is 5.75. The molecule has 0 atom stereocenters. The Kier molecular flexibility index (Phi) is 5.75. The van der Waals surface area contributed by atoms with Crippen LogP contribution < -0.4 is 15.8 Å². The summed E-state index contributed by atoms with van der Waals surface area (Å²) < 4.78 is 29.8. The van der Waals surface area contributed by atoms with Crippen molar-refractivity contribution in [2.75, 3.05) is 24.5 Å². The van der Waals surface area contributed by atoms with Crippen molar-refractivity contribution in [3.05, 3.63) is 40.8 Å². The lowest BCUT2D eigenvalue weighted by molar-refractivity contribution is -0.167. The van der Waals surface area contributed by atoms with Crippen LogP contribution in [-0.4, -0.2) is 53.0 Å². The molecule has 1 aliphatic heterocycles. The van der Waals surface area contributed by atoms with Crippen molar-refractivity contribution >= 4 is 11.7 Å². The van der Waals surface area contributed by atoms with Gasteiger partial charge in [-0.2, -0.15) is 13.9 Å². The van der Waals surface area contributed by atoms with E-state index < -0.39 is 12.7 Å². The third-order valence-electron chi connectivity index (χ3n) is 4.04. The highest BCUT2D eigenvalue weighted by atomic mass is 19.3. The van der Waals surface area contributed by atoms with Gasteiger partial charge in [0.1, 0.15) is 12.4 Å². The third-order valence-corrected chi connectivity index (χ3v) is 4.04. The summed E-state index contributed by atoms with van der Waals surface area (Å²) in [7, 11) is 0. The molecule has 27 heavy (non-hydrogen) atoms. The maximum atomic E-state index is 12.1. The fourth-order valence-electron chi connectivity index (χ4n) is 2.69. The molecule has 0 spiro atoms. The molecule has 0 aliphatic carbocycles. The molecule has 10 heteroatoms. The zero-order valence-electron chi connectivity index (χ0n) is 14.6. The molecule has 1 saturated heterocycles. The predicted octanol–water partition coefficient (Wildman–Crippen LogP) is 0.869. The van der Waals surface area contributed by atoms with Gasteiger partial charge in [-0.05, 0) is 25.1 Å². The molecule has 2 aromatic rings. The van der Waals surface area contributed by atoms with E-state index in [-0.39, 0.29) is 18.0 Å². The van der Waals surface area contributed by atoms with Crippen LogP contribution >= 0.6 is 0 Å². The highest BCUT2D eigenvalue weighted by Crippen LogP contribution is 2.24. The summed E-state index contributed by atoms with van der Waals surface area (Å²) in [5.41, 5.74) is 0.796. The molecule has 1 amide bonds. The van der Waals surface area contributed by atoms with Crippen LogP contribution in [0, 0.1) is 0 Å². The van der Waals surface area contributed by atoms with E-state index in [1.165, 1.54) is 6.07 Å². The molecule has 1 fully saturated rings. The SMILES string of the molecule is CCNC(=O)Cn1nc(-c2ccc(N3CC(OC(F)F)C3)nc2)ccc1=O. The number of nitrogens with zero attached hydrogens (tertiary/aromatic N) is 4. The average molecular weight is 379 g/mol. The second-order valence-electron chi connectivity index (χ2n) is 6.00. The minimum Gasteiger partial charge on any atom is -0.355 e. The summed E-state index contributed by atoms with van der Waals surface area (Å²) in [6, 6.07) is 6.42. The van der Waals surface area contributed by atoms with Gasteiger partial charge in [-0.1, -0.05) is 0 Å². The van der Waals surface area contributed by atoms with E-state index in [9.17, 15) is 18.4 Å². The summed E-state index contributed by atoms with van der Waals surface area (Å²) in [5, 5.41) is 6.82. The number of alkyl halides is 2. The van der Waals surface area contributed by atoms with Crippen molar-refractivity contribution in [3.63, 3.8) is 0 Å². The highest BCUT2D eigenvalue weighted by Gasteiger charge is 2.30. The van der Waals surface area contributed by atoms with E-state index in [0.29, 0.717) is 36.7 Å². The van der Waals surface area contributed by atoms with Gasteiger partial charge >= 0.3 is 6.61 Å². The van der Waals surface area contributed by atoms with Crippen LogP contribution in [-0.2, 0) is 16.1 Å². The first-order valence-corrected chi connectivity index (χ1v) is 8.46. The first-order chi connectivity index (χ1) is 13.0. The lowest BCUT2D eigenvalue weighted by Crippen LogP contribution is -2.53. The third kappa shape index (κ3) is 4.64. The van der Waals surface area contributed by atoms with Gasteiger partial charge in [-0.15, -0.1) is 0 Å². The number of ether oxygens (including phenoxy) is 1. The van der Waals surface area contributed by atoms with Crippen LogP contribution in [0.4, 0.5) is 14.6 Å². The zero-order chi connectivity index (χ0) is 19.4. The summed E-state index contributed by atoms with van der Waals surface area (Å²) in [6.07, 6.45) is 1.09. The minimum absolute atomic E-state index is 0.161. The number of hydrogen-bond acceptors (Lipinski definition) is 6. The summed E-state index contributed by atoms with van der Waals surface area (Å²) >= 11 is 0. The fourth-order valence-corrected chi connectivity index (χ4v) is 2.69. The van der Waals surface area contributed by atoms with Crippen molar-refractivity contribution in [2.45, 2.75) is 26.2 Å². The van der Waals surface area contributed by atoms with Crippen molar-refractivity contribution in [3.8, 4) is 11.3 Å². The molecule has 0 saturated carbocycles. The van der Waals surface area contributed by atoms with Gasteiger partial charge in [0.05, 0.1) is 11.8 Å². The van der Waals surface area contributed by atoms with Gasteiger partial charge in [-0.3, -0.25) is 9.59 Å². The van der Waals surface area contributed by atoms with Crippen molar-refractivity contribution in [2.24, 2.45) is 0 Å². The van der Waals surface area contributed by atoms with Gasteiger partial charge in [0.15, 0.2) is 0 Å². The summed E-state index contributed by atoms with van der Waals surface area (Å²) in [4.78, 5) is 29.7. The Bertz CT molecular complexity index is 850. The van der Waals surface area contributed by atoms with Gasteiger partial charge in [0, 0.05) is 37.5 Å². The molecular weight excluding hydrogens is 360 g/mol. The Labute approximate surface area is 153 Å². The molecule has 0 bridgehead atoms. The quantitative estimate of drug-likeness (QED) is 0.768. The number of rotatable bonds is 7. The van der Waals surface area contributed by atoms with Gasteiger partial charge in [-0.25, -0.2) is 9.67 Å². The van der Waals surface area contributed by atoms with Crippen LogP contribution in [0.5, 0.6) is 0 Å². The van der Waals surface area contributed by atoms with Crippen molar-refractivity contribution in [1.29, 1.82) is 0 Å². The van der Waals surface area contributed by atoms with Crippen LogP contribution in [0.1, 0.15) is 6.92 Å². The number of hydrogen-bond donors (Lipinski definition) is 1. The average Bonchev–Trinajstić information content (AvgIpc) is 2.60. The van der Waals surface area contributed by atoms with Crippen LogP contribution in [0.25, 0.3) is 11.3 Å². The van der Waals surface area contributed by atoms with E-state index >= 15 is 0 Å². The van der Waals surface area contributed by atoms with Gasteiger partial charge in [0.2, 0.25) is 5.91 Å². The number of halogens is 2. The van der Waals surface area contributed by atoms with Crippen LogP contribution in [0.3, 0.4) is 0 Å². The molecular formula is C17H19F2N5O3. The number of likely N-dealkylation sites (N-methyl/N-ethyl adjacent to an activating group) is 1. The second kappa shape index (κ2) is 8.21. The second-order valence-corrected chi connectivity index (χ2v) is 6.00. The normalized spacial score (nSPS) is 14.3. The topological polar surface area (TPSA) is 89.3 Å². The Morgan fingerprint density at radius 2 is 2.11 bits per heavy atom. The fraction of sp³-hybridized carbons (Fsp3) is 0.412. The summed E-state index contributed by atoms with van der Waals surface area (Å²) in [6.45, 7) is 0.0359. The number of nitrogens with one attached hydrogen (secondary N) is 1.